The third-order valence-corrected chi connectivity index (χ3v) is 3.75. The molecule has 0 bridgehead atoms. The molecule has 108 valence electrons. The SMILES string of the molecule is CC1C(=O)NC(=O)CN1c1c(CN)cnc2ccccc12. The molecule has 2 heterocycles. The van der Waals surface area contributed by atoms with Crippen LogP contribution in [0.2, 0.25) is 0 Å². The molecule has 3 rings (SSSR count). The van der Waals surface area contributed by atoms with Gasteiger partial charge in [0.15, 0.2) is 0 Å². The van der Waals surface area contributed by atoms with Gasteiger partial charge in [-0.05, 0) is 13.0 Å². The summed E-state index contributed by atoms with van der Waals surface area (Å²) in [5.41, 5.74) is 8.27. The van der Waals surface area contributed by atoms with Crippen molar-refractivity contribution in [2.24, 2.45) is 5.73 Å². The van der Waals surface area contributed by atoms with Gasteiger partial charge in [0, 0.05) is 23.7 Å². The molecule has 1 atom stereocenters. The Morgan fingerprint density at radius 2 is 2.14 bits per heavy atom. The number of piperazine rings is 1. The molecule has 1 unspecified atom stereocenters. The molecule has 3 N–H and O–H groups in total. The monoisotopic (exact) mass is 284 g/mol. The number of hydrogen-bond acceptors (Lipinski definition) is 5. The minimum absolute atomic E-state index is 0.133. The van der Waals surface area contributed by atoms with Crippen LogP contribution in [0.4, 0.5) is 5.69 Å². The minimum atomic E-state index is -0.432. The first kappa shape index (κ1) is 13.5. The summed E-state index contributed by atoms with van der Waals surface area (Å²) in [7, 11) is 0. The number of anilines is 1. The smallest absolute Gasteiger partial charge is 0.249 e. The van der Waals surface area contributed by atoms with Gasteiger partial charge < -0.3 is 10.6 Å². The number of fused-ring (bicyclic) bond motifs is 1. The van der Waals surface area contributed by atoms with E-state index in [1.165, 1.54) is 0 Å². The number of rotatable bonds is 2. The fourth-order valence-corrected chi connectivity index (χ4v) is 2.64. The van der Waals surface area contributed by atoms with Crippen LogP contribution in [0.5, 0.6) is 0 Å². The van der Waals surface area contributed by atoms with Crippen molar-refractivity contribution in [3.63, 3.8) is 0 Å². The normalized spacial score (nSPS) is 19.0. The molecule has 6 nitrogen and oxygen atoms in total. The van der Waals surface area contributed by atoms with Gasteiger partial charge in [-0.2, -0.15) is 0 Å². The average Bonchev–Trinajstić information content (AvgIpc) is 2.50. The van der Waals surface area contributed by atoms with E-state index < -0.39 is 6.04 Å². The quantitative estimate of drug-likeness (QED) is 0.786. The molecule has 0 saturated carbocycles. The number of nitrogens with zero attached hydrogens (tertiary/aromatic N) is 2. The van der Waals surface area contributed by atoms with Crippen LogP contribution in [0.15, 0.2) is 30.5 Å². The maximum absolute atomic E-state index is 11.9. The van der Waals surface area contributed by atoms with Crippen LogP contribution >= 0.6 is 0 Å². The maximum atomic E-state index is 11.9. The second-order valence-corrected chi connectivity index (χ2v) is 5.07. The Morgan fingerprint density at radius 3 is 2.90 bits per heavy atom. The van der Waals surface area contributed by atoms with Gasteiger partial charge in [0.05, 0.1) is 17.7 Å². The van der Waals surface area contributed by atoms with Crippen LogP contribution in [0, 0.1) is 0 Å². The summed E-state index contributed by atoms with van der Waals surface area (Å²) in [5, 5.41) is 3.25. The zero-order valence-corrected chi connectivity index (χ0v) is 11.7. The first-order valence-corrected chi connectivity index (χ1v) is 6.79. The van der Waals surface area contributed by atoms with Gasteiger partial charge in [0.1, 0.15) is 6.04 Å². The number of benzene rings is 1. The van der Waals surface area contributed by atoms with Crippen LogP contribution < -0.4 is 16.0 Å². The summed E-state index contributed by atoms with van der Waals surface area (Å²) in [4.78, 5) is 29.8. The van der Waals surface area contributed by atoms with Gasteiger partial charge in [-0.3, -0.25) is 19.9 Å². The van der Waals surface area contributed by atoms with Crippen molar-refractivity contribution < 1.29 is 9.59 Å². The molecular formula is C15H16N4O2. The molecular weight excluding hydrogens is 268 g/mol. The van der Waals surface area contributed by atoms with E-state index in [4.69, 9.17) is 5.73 Å². The molecule has 1 aromatic carbocycles. The van der Waals surface area contributed by atoms with Crippen LogP contribution in [0.1, 0.15) is 12.5 Å². The topological polar surface area (TPSA) is 88.3 Å². The Bertz CT molecular complexity index is 729. The number of imide groups is 1. The molecule has 6 heteroatoms. The first-order valence-electron chi connectivity index (χ1n) is 6.79. The fraction of sp³-hybridized carbons (Fsp3) is 0.267. The van der Waals surface area contributed by atoms with Crippen LogP contribution in [0.3, 0.4) is 0 Å². The van der Waals surface area contributed by atoms with Gasteiger partial charge in [0.25, 0.3) is 0 Å². The number of carbonyl (C=O) groups excluding carboxylic acids is 2. The number of nitrogens with two attached hydrogens (primary N) is 1. The van der Waals surface area contributed by atoms with Gasteiger partial charge in [0.2, 0.25) is 11.8 Å². The van der Waals surface area contributed by atoms with Crippen LogP contribution in [-0.4, -0.2) is 29.4 Å². The van der Waals surface area contributed by atoms with E-state index >= 15 is 0 Å². The lowest BCUT2D eigenvalue weighted by Crippen LogP contribution is -2.57. The largest absolute Gasteiger partial charge is 0.350 e. The lowest BCUT2D eigenvalue weighted by atomic mass is 10.0. The highest BCUT2D eigenvalue weighted by molar-refractivity contribution is 6.07. The van der Waals surface area contributed by atoms with E-state index in [2.05, 4.69) is 10.3 Å². The Hall–Kier alpha value is -2.47. The Balaban J connectivity index is 2.22. The number of amides is 2. The molecule has 1 aliphatic heterocycles. The fourth-order valence-electron chi connectivity index (χ4n) is 2.64. The summed E-state index contributed by atoms with van der Waals surface area (Å²) in [6.07, 6.45) is 1.71. The number of carbonyl (C=O) groups is 2. The van der Waals surface area contributed by atoms with Gasteiger partial charge >= 0.3 is 0 Å². The van der Waals surface area contributed by atoms with E-state index in [0.717, 1.165) is 22.2 Å². The standard InChI is InChI=1S/C15H16N4O2/c1-9-15(21)18-13(20)8-19(9)14-10(6-16)7-17-12-5-3-2-4-11(12)14/h2-5,7,9H,6,8,16H2,1H3,(H,18,20,21). The number of pyridine rings is 1. The van der Waals surface area contributed by atoms with Crippen molar-refractivity contribution in [1.29, 1.82) is 0 Å². The van der Waals surface area contributed by atoms with Crippen molar-refractivity contribution in [2.75, 3.05) is 11.4 Å². The minimum Gasteiger partial charge on any atom is -0.350 e. The first-order chi connectivity index (χ1) is 10.1. The molecule has 1 fully saturated rings. The summed E-state index contributed by atoms with van der Waals surface area (Å²) in [6, 6.07) is 7.21. The molecule has 1 saturated heterocycles. The Morgan fingerprint density at radius 1 is 1.38 bits per heavy atom. The maximum Gasteiger partial charge on any atom is 0.249 e. The Labute approximate surface area is 121 Å². The van der Waals surface area contributed by atoms with Crippen molar-refractivity contribution in [3.05, 3.63) is 36.0 Å². The zero-order valence-electron chi connectivity index (χ0n) is 11.7. The second-order valence-electron chi connectivity index (χ2n) is 5.07. The molecule has 21 heavy (non-hydrogen) atoms. The van der Waals surface area contributed by atoms with Crippen molar-refractivity contribution in [3.8, 4) is 0 Å². The van der Waals surface area contributed by atoms with Gasteiger partial charge in [-0.1, -0.05) is 18.2 Å². The predicted molar refractivity (Wildman–Crippen MR) is 79.6 cm³/mol. The summed E-state index contributed by atoms with van der Waals surface area (Å²) in [6.45, 7) is 2.21. The van der Waals surface area contributed by atoms with E-state index in [0.29, 0.717) is 6.54 Å². The number of para-hydroxylation sites is 1. The van der Waals surface area contributed by atoms with Gasteiger partial charge in [-0.15, -0.1) is 0 Å². The van der Waals surface area contributed by atoms with Crippen molar-refractivity contribution in [2.45, 2.75) is 19.5 Å². The summed E-state index contributed by atoms with van der Waals surface area (Å²) < 4.78 is 0. The lowest BCUT2D eigenvalue weighted by molar-refractivity contribution is -0.132. The highest BCUT2D eigenvalue weighted by Crippen LogP contribution is 2.31. The van der Waals surface area contributed by atoms with E-state index in [-0.39, 0.29) is 18.4 Å². The highest BCUT2D eigenvalue weighted by Gasteiger charge is 2.32. The van der Waals surface area contributed by atoms with Gasteiger partial charge in [-0.25, -0.2) is 0 Å². The number of hydrogen-bond donors (Lipinski definition) is 2. The van der Waals surface area contributed by atoms with Crippen LogP contribution in [0.25, 0.3) is 10.9 Å². The molecule has 2 aromatic rings. The Kier molecular flexibility index (Phi) is 3.31. The number of aromatic nitrogens is 1. The molecule has 0 aliphatic carbocycles. The molecule has 2 amide bonds. The molecule has 1 aromatic heterocycles. The number of nitrogens with one attached hydrogen (secondary N) is 1. The zero-order chi connectivity index (χ0) is 15.0. The third-order valence-electron chi connectivity index (χ3n) is 3.75. The van der Waals surface area contributed by atoms with Crippen LogP contribution in [-0.2, 0) is 16.1 Å². The molecule has 0 radical (unpaired) electrons. The van der Waals surface area contributed by atoms with Crippen molar-refractivity contribution >= 4 is 28.4 Å². The second kappa shape index (κ2) is 5.14. The lowest BCUT2D eigenvalue weighted by Gasteiger charge is -2.35. The average molecular weight is 284 g/mol. The summed E-state index contributed by atoms with van der Waals surface area (Å²) in [5.74, 6) is -0.600. The molecule has 0 spiro atoms. The summed E-state index contributed by atoms with van der Waals surface area (Å²) >= 11 is 0. The molecule has 1 aliphatic rings. The van der Waals surface area contributed by atoms with E-state index in [1.54, 1.807) is 18.0 Å². The van der Waals surface area contributed by atoms with E-state index in [9.17, 15) is 9.59 Å². The predicted octanol–water partition coefficient (Wildman–Crippen LogP) is 0.545. The van der Waals surface area contributed by atoms with Crippen molar-refractivity contribution in [1.82, 2.24) is 10.3 Å². The highest BCUT2D eigenvalue weighted by atomic mass is 16.2. The third kappa shape index (κ3) is 2.23. The van der Waals surface area contributed by atoms with E-state index in [1.807, 2.05) is 24.3 Å².